The smallest absolute Gasteiger partial charge is 0.360 e. The van der Waals surface area contributed by atoms with Gasteiger partial charge in [0.05, 0.1) is 0 Å². The van der Waals surface area contributed by atoms with E-state index in [0.717, 1.165) is 0 Å². The molecule has 0 spiro atoms. The van der Waals surface area contributed by atoms with Crippen molar-refractivity contribution in [2.75, 3.05) is 13.1 Å². The first-order valence-electron chi connectivity index (χ1n) is 7.99. The maximum absolute atomic E-state index is 12.6. The lowest BCUT2D eigenvalue weighted by atomic mass is 10.2. The van der Waals surface area contributed by atoms with Gasteiger partial charge < -0.3 is 15.0 Å². The van der Waals surface area contributed by atoms with Crippen molar-refractivity contribution in [3.8, 4) is 5.75 Å². The molecule has 26 heavy (non-hydrogen) atoms. The highest BCUT2D eigenvalue weighted by molar-refractivity contribution is 7.89. The molecule has 0 saturated carbocycles. The third-order valence-electron chi connectivity index (χ3n) is 3.86. The van der Waals surface area contributed by atoms with E-state index in [1.165, 1.54) is 45.4 Å². The first kappa shape index (κ1) is 19.7. The third kappa shape index (κ3) is 3.94. The lowest BCUT2D eigenvalue weighted by Gasteiger charge is -2.17. The molecule has 0 aliphatic carbocycles. The molecule has 0 aliphatic heterocycles. The van der Waals surface area contributed by atoms with Crippen molar-refractivity contribution in [2.45, 2.75) is 18.7 Å². The van der Waals surface area contributed by atoms with E-state index in [4.69, 9.17) is 10.5 Å². The van der Waals surface area contributed by atoms with Crippen molar-refractivity contribution in [1.29, 1.82) is 0 Å². The maximum Gasteiger partial charge on any atom is 0.360 e. The molecule has 140 valence electrons. The standard InChI is InChI=1S/C17H21N3O5S/c1-4-20(5-2)26(23,24)14-10-15(19(3)11-14)17(22)25-13-8-6-7-12(9-13)16(18)21/h6-11H,4-5H2,1-3H3,(H2,18,21). The Morgan fingerprint density at radius 1 is 1.19 bits per heavy atom. The van der Waals surface area contributed by atoms with E-state index in [1.807, 2.05) is 0 Å². The Balaban J connectivity index is 2.30. The van der Waals surface area contributed by atoms with Crippen LogP contribution in [0.15, 0.2) is 41.4 Å². The second kappa shape index (κ2) is 7.71. The van der Waals surface area contributed by atoms with Gasteiger partial charge in [0, 0.05) is 31.9 Å². The lowest BCUT2D eigenvalue weighted by Crippen LogP contribution is -2.30. The predicted octanol–water partition coefficient (Wildman–Crippen LogP) is 1.37. The zero-order chi connectivity index (χ0) is 19.5. The Morgan fingerprint density at radius 3 is 2.42 bits per heavy atom. The average Bonchev–Trinajstić information content (AvgIpc) is 2.98. The average molecular weight is 379 g/mol. The largest absolute Gasteiger partial charge is 0.422 e. The molecule has 8 nitrogen and oxygen atoms in total. The summed E-state index contributed by atoms with van der Waals surface area (Å²) >= 11 is 0. The van der Waals surface area contributed by atoms with Crippen LogP contribution in [0.1, 0.15) is 34.7 Å². The number of hydrogen-bond donors (Lipinski definition) is 1. The summed E-state index contributed by atoms with van der Waals surface area (Å²) in [7, 11) is -2.13. The molecule has 0 radical (unpaired) electrons. The Hall–Kier alpha value is -2.65. The number of sulfonamides is 1. The van der Waals surface area contributed by atoms with Crippen LogP contribution in [-0.2, 0) is 17.1 Å². The topological polar surface area (TPSA) is 112 Å². The highest BCUT2D eigenvalue weighted by Gasteiger charge is 2.26. The first-order chi connectivity index (χ1) is 12.2. The molecule has 1 aromatic heterocycles. The van der Waals surface area contributed by atoms with Crippen LogP contribution in [0.2, 0.25) is 0 Å². The van der Waals surface area contributed by atoms with Crippen molar-refractivity contribution < 1.29 is 22.7 Å². The molecule has 2 rings (SSSR count). The second-order valence-electron chi connectivity index (χ2n) is 5.54. The third-order valence-corrected chi connectivity index (χ3v) is 5.88. The van der Waals surface area contributed by atoms with Crippen molar-refractivity contribution in [1.82, 2.24) is 8.87 Å². The molecule has 9 heteroatoms. The Labute approximate surface area is 152 Å². The van der Waals surface area contributed by atoms with Crippen molar-refractivity contribution in [3.05, 3.63) is 47.8 Å². The molecular formula is C17H21N3O5S. The molecule has 0 atom stereocenters. The fourth-order valence-corrected chi connectivity index (χ4v) is 3.99. The van der Waals surface area contributed by atoms with Gasteiger partial charge in [-0.2, -0.15) is 4.31 Å². The Morgan fingerprint density at radius 2 is 1.85 bits per heavy atom. The molecule has 0 bridgehead atoms. The number of rotatable bonds is 7. The van der Waals surface area contributed by atoms with Crippen LogP contribution >= 0.6 is 0 Å². The quantitative estimate of drug-likeness (QED) is 0.577. The van der Waals surface area contributed by atoms with Crippen molar-refractivity contribution in [2.24, 2.45) is 12.8 Å². The molecule has 2 N–H and O–H groups in total. The summed E-state index contributed by atoms with van der Waals surface area (Å²) in [6.45, 7) is 4.14. The molecule has 0 saturated heterocycles. The second-order valence-corrected chi connectivity index (χ2v) is 7.48. The molecule has 0 fully saturated rings. The van der Waals surface area contributed by atoms with E-state index in [1.54, 1.807) is 20.9 Å². The summed E-state index contributed by atoms with van der Waals surface area (Å²) in [5, 5.41) is 0. The minimum atomic E-state index is -3.68. The number of aromatic nitrogens is 1. The molecular weight excluding hydrogens is 358 g/mol. The summed E-state index contributed by atoms with van der Waals surface area (Å²) in [4.78, 5) is 23.6. The molecule has 2 aromatic rings. The van der Waals surface area contributed by atoms with Gasteiger partial charge in [-0.05, 0) is 24.3 Å². The zero-order valence-corrected chi connectivity index (χ0v) is 15.6. The van der Waals surface area contributed by atoms with Crippen molar-refractivity contribution >= 4 is 21.9 Å². The van der Waals surface area contributed by atoms with Crippen molar-refractivity contribution in [3.63, 3.8) is 0 Å². The molecule has 1 heterocycles. The first-order valence-corrected chi connectivity index (χ1v) is 9.43. The highest BCUT2D eigenvalue weighted by Crippen LogP contribution is 2.20. The number of hydrogen-bond acceptors (Lipinski definition) is 5. The number of amides is 1. The van der Waals surface area contributed by atoms with Gasteiger partial charge in [-0.25, -0.2) is 13.2 Å². The number of nitrogens with two attached hydrogens (primary N) is 1. The number of nitrogens with zero attached hydrogens (tertiary/aromatic N) is 2. The van der Waals surface area contributed by atoms with Gasteiger partial charge in [-0.3, -0.25) is 4.79 Å². The van der Waals surface area contributed by atoms with Crippen LogP contribution in [0.4, 0.5) is 0 Å². The van der Waals surface area contributed by atoms with E-state index in [2.05, 4.69) is 0 Å². The normalized spacial score (nSPS) is 11.5. The summed E-state index contributed by atoms with van der Waals surface area (Å²) in [6, 6.07) is 7.15. The van der Waals surface area contributed by atoms with E-state index >= 15 is 0 Å². The van der Waals surface area contributed by atoms with Gasteiger partial charge in [0.2, 0.25) is 15.9 Å². The van der Waals surface area contributed by atoms with E-state index in [9.17, 15) is 18.0 Å². The van der Waals surface area contributed by atoms with Crippen LogP contribution in [0.25, 0.3) is 0 Å². The number of carbonyl (C=O) groups is 2. The predicted molar refractivity (Wildman–Crippen MR) is 95.4 cm³/mol. The SMILES string of the molecule is CCN(CC)S(=O)(=O)c1cc(C(=O)Oc2cccc(C(N)=O)c2)n(C)c1. The molecule has 1 amide bonds. The minimum Gasteiger partial charge on any atom is -0.422 e. The number of esters is 1. The fourth-order valence-electron chi connectivity index (χ4n) is 2.46. The minimum absolute atomic E-state index is 0.0153. The Kier molecular flexibility index (Phi) is 5.83. The highest BCUT2D eigenvalue weighted by atomic mass is 32.2. The summed E-state index contributed by atoms with van der Waals surface area (Å²) in [5.74, 6) is -1.25. The number of benzene rings is 1. The van der Waals surface area contributed by atoms with E-state index in [0.29, 0.717) is 13.1 Å². The van der Waals surface area contributed by atoms with E-state index < -0.39 is 21.9 Å². The molecule has 0 unspecified atom stereocenters. The monoisotopic (exact) mass is 379 g/mol. The number of carbonyl (C=O) groups excluding carboxylic acids is 2. The summed E-state index contributed by atoms with van der Waals surface area (Å²) < 4.78 is 33.1. The van der Waals surface area contributed by atoms with Crippen LogP contribution in [-0.4, -0.2) is 42.3 Å². The maximum atomic E-state index is 12.6. The summed E-state index contributed by atoms with van der Waals surface area (Å²) in [5.41, 5.74) is 5.47. The van der Waals surface area contributed by atoms with Gasteiger partial charge >= 0.3 is 5.97 Å². The van der Waals surface area contributed by atoms with Crippen LogP contribution in [0, 0.1) is 0 Å². The van der Waals surface area contributed by atoms with Gasteiger partial charge in [0.15, 0.2) is 0 Å². The van der Waals surface area contributed by atoms with Gasteiger partial charge in [0.1, 0.15) is 16.3 Å². The summed E-state index contributed by atoms with van der Waals surface area (Å²) in [6.07, 6.45) is 1.37. The van der Waals surface area contributed by atoms with Gasteiger partial charge in [0.25, 0.3) is 0 Å². The van der Waals surface area contributed by atoms with Gasteiger partial charge in [-0.15, -0.1) is 0 Å². The number of ether oxygens (including phenoxy) is 1. The number of aryl methyl sites for hydroxylation is 1. The fraction of sp³-hybridized carbons (Fsp3) is 0.294. The number of primary amides is 1. The van der Waals surface area contributed by atoms with Crippen LogP contribution in [0.5, 0.6) is 5.75 Å². The van der Waals surface area contributed by atoms with Crippen LogP contribution in [0.3, 0.4) is 0 Å². The van der Waals surface area contributed by atoms with Gasteiger partial charge in [-0.1, -0.05) is 19.9 Å². The van der Waals surface area contributed by atoms with Crippen LogP contribution < -0.4 is 10.5 Å². The Bertz CT molecular complexity index is 930. The van der Waals surface area contributed by atoms with E-state index in [-0.39, 0.29) is 21.9 Å². The zero-order valence-electron chi connectivity index (χ0n) is 14.8. The molecule has 0 aliphatic rings. The lowest BCUT2D eigenvalue weighted by molar-refractivity contribution is 0.0723. The molecule has 1 aromatic carbocycles.